The van der Waals surface area contributed by atoms with E-state index < -0.39 is 5.82 Å². The molecule has 3 aromatic heterocycles. The third-order valence-electron chi connectivity index (χ3n) is 4.36. The van der Waals surface area contributed by atoms with E-state index in [0.29, 0.717) is 6.54 Å². The van der Waals surface area contributed by atoms with Gasteiger partial charge < -0.3 is 5.32 Å². The normalized spacial score (nSPS) is 11.2. The van der Waals surface area contributed by atoms with E-state index in [-0.39, 0.29) is 5.56 Å². The highest BCUT2D eigenvalue weighted by Gasteiger charge is 2.18. The lowest BCUT2D eigenvalue weighted by atomic mass is 10.1. The number of anilines is 1. The lowest BCUT2D eigenvalue weighted by molar-refractivity contribution is 0.622. The summed E-state index contributed by atoms with van der Waals surface area (Å²) in [7, 11) is 1.92. The number of halogens is 1. The molecular weight excluding hydrogens is 349 g/mol. The molecule has 0 atom stereocenters. The van der Waals surface area contributed by atoms with Crippen LogP contribution in [0.1, 0.15) is 22.4 Å². The van der Waals surface area contributed by atoms with Gasteiger partial charge in [-0.05, 0) is 43.2 Å². The van der Waals surface area contributed by atoms with Crippen molar-refractivity contribution in [3.63, 3.8) is 0 Å². The molecule has 0 aliphatic carbocycles. The Kier molecular flexibility index (Phi) is 3.85. The molecule has 26 heavy (non-hydrogen) atoms. The Morgan fingerprint density at radius 3 is 2.85 bits per heavy atom. The fourth-order valence-electron chi connectivity index (χ4n) is 3.20. The zero-order valence-electron chi connectivity index (χ0n) is 14.6. The number of aryl methyl sites for hydroxylation is 3. The third kappa shape index (κ3) is 2.59. The van der Waals surface area contributed by atoms with Crippen LogP contribution < -0.4 is 5.32 Å². The molecule has 0 spiro atoms. The highest BCUT2D eigenvalue weighted by Crippen LogP contribution is 2.38. The minimum absolute atomic E-state index is 0.0513. The van der Waals surface area contributed by atoms with Crippen molar-refractivity contribution in [2.75, 3.05) is 5.32 Å². The van der Waals surface area contributed by atoms with Crippen molar-refractivity contribution in [2.45, 2.75) is 20.4 Å². The van der Waals surface area contributed by atoms with Crippen LogP contribution in [0.5, 0.6) is 0 Å². The summed E-state index contributed by atoms with van der Waals surface area (Å²) in [5.41, 5.74) is 4.05. The van der Waals surface area contributed by atoms with Crippen molar-refractivity contribution in [3.8, 4) is 6.07 Å². The fourth-order valence-corrected chi connectivity index (χ4v) is 4.48. The zero-order chi connectivity index (χ0) is 18.4. The largest absolute Gasteiger partial charge is 0.363 e. The van der Waals surface area contributed by atoms with E-state index in [1.165, 1.54) is 17.7 Å². The topological polar surface area (TPSA) is 66.5 Å². The summed E-state index contributed by atoms with van der Waals surface area (Å²) < 4.78 is 16.7. The number of pyridine rings is 1. The van der Waals surface area contributed by atoms with Crippen LogP contribution in [-0.4, -0.2) is 14.8 Å². The molecule has 0 saturated heterocycles. The number of benzene rings is 1. The molecule has 3 heterocycles. The average molecular weight is 365 g/mol. The van der Waals surface area contributed by atoms with Gasteiger partial charge in [-0.2, -0.15) is 10.4 Å². The highest BCUT2D eigenvalue weighted by molar-refractivity contribution is 7.26. The van der Waals surface area contributed by atoms with E-state index in [1.54, 1.807) is 17.4 Å². The van der Waals surface area contributed by atoms with Gasteiger partial charge in [0.15, 0.2) is 5.82 Å². The Morgan fingerprint density at radius 1 is 1.31 bits per heavy atom. The van der Waals surface area contributed by atoms with Crippen molar-refractivity contribution in [3.05, 3.63) is 52.5 Å². The summed E-state index contributed by atoms with van der Waals surface area (Å²) in [4.78, 5) is 5.64. The van der Waals surface area contributed by atoms with E-state index in [9.17, 15) is 4.39 Å². The van der Waals surface area contributed by atoms with Crippen LogP contribution in [0.4, 0.5) is 10.2 Å². The SMILES string of the molecule is Cc1cc(C)c2c(n1)sc1c(NCc3ccc(C#N)c(F)c3)nn(C)c12. The van der Waals surface area contributed by atoms with Gasteiger partial charge in [0.05, 0.1) is 15.8 Å². The Bertz CT molecular complexity index is 1200. The first-order chi connectivity index (χ1) is 12.5. The molecule has 0 aliphatic heterocycles. The lowest BCUT2D eigenvalue weighted by Gasteiger charge is -2.04. The molecule has 5 nitrogen and oxygen atoms in total. The first kappa shape index (κ1) is 16.5. The van der Waals surface area contributed by atoms with E-state index in [1.807, 2.05) is 24.7 Å². The number of nitrogens with one attached hydrogen (secondary N) is 1. The molecule has 0 saturated carbocycles. The summed E-state index contributed by atoms with van der Waals surface area (Å²) in [6, 6.07) is 8.53. The second-order valence-corrected chi connectivity index (χ2v) is 7.29. The van der Waals surface area contributed by atoms with Gasteiger partial charge in [0, 0.05) is 24.7 Å². The molecule has 4 rings (SSSR count). The Balaban J connectivity index is 1.72. The van der Waals surface area contributed by atoms with Gasteiger partial charge in [0.25, 0.3) is 0 Å². The number of aromatic nitrogens is 3. The number of nitriles is 1. The van der Waals surface area contributed by atoms with E-state index in [4.69, 9.17) is 5.26 Å². The minimum Gasteiger partial charge on any atom is -0.363 e. The van der Waals surface area contributed by atoms with Gasteiger partial charge in [-0.3, -0.25) is 4.68 Å². The summed E-state index contributed by atoms with van der Waals surface area (Å²) >= 11 is 1.61. The average Bonchev–Trinajstić information content (AvgIpc) is 3.11. The molecular formula is C19H16FN5S. The predicted octanol–water partition coefficient (Wildman–Crippen LogP) is 4.42. The van der Waals surface area contributed by atoms with Gasteiger partial charge in [-0.1, -0.05) is 6.07 Å². The van der Waals surface area contributed by atoms with Crippen LogP contribution in [0.25, 0.3) is 20.4 Å². The number of thiophene rings is 1. The van der Waals surface area contributed by atoms with Crippen molar-refractivity contribution >= 4 is 37.6 Å². The summed E-state index contributed by atoms with van der Waals surface area (Å²) in [6.45, 7) is 4.50. The molecule has 0 unspecified atom stereocenters. The van der Waals surface area contributed by atoms with Crippen LogP contribution in [0.15, 0.2) is 24.3 Å². The van der Waals surface area contributed by atoms with Gasteiger partial charge in [-0.25, -0.2) is 9.37 Å². The molecule has 7 heteroatoms. The monoisotopic (exact) mass is 365 g/mol. The first-order valence-corrected chi connectivity index (χ1v) is 8.95. The van der Waals surface area contributed by atoms with Crippen LogP contribution >= 0.6 is 11.3 Å². The summed E-state index contributed by atoms with van der Waals surface area (Å²) in [6.07, 6.45) is 0. The first-order valence-electron chi connectivity index (χ1n) is 8.13. The number of nitrogens with zero attached hydrogens (tertiary/aromatic N) is 4. The second kappa shape index (κ2) is 6.07. The highest BCUT2D eigenvalue weighted by atomic mass is 32.1. The van der Waals surface area contributed by atoms with E-state index in [0.717, 1.165) is 37.5 Å². The van der Waals surface area contributed by atoms with E-state index >= 15 is 0 Å². The fraction of sp³-hybridized carbons (Fsp3) is 0.211. The van der Waals surface area contributed by atoms with E-state index in [2.05, 4.69) is 28.4 Å². The van der Waals surface area contributed by atoms with Crippen molar-refractivity contribution in [2.24, 2.45) is 7.05 Å². The molecule has 0 fully saturated rings. The van der Waals surface area contributed by atoms with Crippen LogP contribution in [0.2, 0.25) is 0 Å². The molecule has 0 bridgehead atoms. The van der Waals surface area contributed by atoms with Crippen molar-refractivity contribution in [1.82, 2.24) is 14.8 Å². The second-order valence-electron chi connectivity index (χ2n) is 6.29. The third-order valence-corrected chi connectivity index (χ3v) is 5.44. The van der Waals surface area contributed by atoms with Gasteiger partial charge >= 0.3 is 0 Å². The lowest BCUT2D eigenvalue weighted by Crippen LogP contribution is -2.02. The van der Waals surface area contributed by atoms with Gasteiger partial charge in [0.2, 0.25) is 0 Å². The molecule has 0 radical (unpaired) electrons. The molecule has 1 aromatic carbocycles. The van der Waals surface area contributed by atoms with Crippen LogP contribution in [0.3, 0.4) is 0 Å². The van der Waals surface area contributed by atoms with Crippen molar-refractivity contribution in [1.29, 1.82) is 5.26 Å². The summed E-state index contributed by atoms with van der Waals surface area (Å²) in [5, 5.41) is 17.8. The number of hydrogen-bond donors (Lipinski definition) is 1. The number of rotatable bonds is 3. The maximum Gasteiger partial charge on any atom is 0.166 e. The smallest absolute Gasteiger partial charge is 0.166 e. The Labute approximate surface area is 153 Å². The standard InChI is InChI=1S/C19H16FN5S/c1-10-6-11(2)23-19-15(10)16-17(26-19)18(24-25(16)3)22-9-12-4-5-13(8-21)14(20)7-12/h4-7H,9H2,1-3H3,(H,22,24). The maximum atomic E-state index is 13.8. The summed E-state index contributed by atoms with van der Waals surface area (Å²) in [5.74, 6) is 0.252. The minimum atomic E-state index is -0.505. The molecule has 130 valence electrons. The Hall–Kier alpha value is -2.98. The molecule has 1 N–H and O–H groups in total. The molecule has 0 amide bonds. The maximum absolute atomic E-state index is 13.8. The van der Waals surface area contributed by atoms with Crippen LogP contribution in [-0.2, 0) is 13.6 Å². The molecule has 4 aromatic rings. The van der Waals surface area contributed by atoms with Crippen molar-refractivity contribution < 1.29 is 4.39 Å². The molecule has 0 aliphatic rings. The number of hydrogen-bond acceptors (Lipinski definition) is 5. The van der Waals surface area contributed by atoms with Gasteiger partial charge in [0.1, 0.15) is 16.7 Å². The zero-order valence-corrected chi connectivity index (χ0v) is 15.4. The quantitative estimate of drug-likeness (QED) is 0.583. The predicted molar refractivity (Wildman–Crippen MR) is 102 cm³/mol. The van der Waals surface area contributed by atoms with Gasteiger partial charge in [-0.15, -0.1) is 11.3 Å². The Morgan fingerprint density at radius 2 is 2.12 bits per heavy atom. The van der Waals surface area contributed by atoms with Crippen LogP contribution in [0, 0.1) is 31.0 Å². The number of fused-ring (bicyclic) bond motifs is 3.